The van der Waals surface area contributed by atoms with Crippen LogP contribution < -0.4 is 5.73 Å². The number of carboxylic acids is 1. The highest BCUT2D eigenvalue weighted by molar-refractivity contribution is 8.15. The number of ketones is 1. The average molecular weight is 478 g/mol. The SMILES string of the molecule is NC1=N[C@](CF)(c2cc(CC(=O)c3ccc(Cl)cn3)ccc2F)[C@@H]2C[C@]2(/C=C/C(=O)O)S1. The molecule has 2 aliphatic rings. The number of thioether (sulfide) groups is 1. The second kappa shape index (κ2) is 8.29. The molecule has 2 aromatic rings. The largest absolute Gasteiger partial charge is 0.478 e. The van der Waals surface area contributed by atoms with Crippen molar-refractivity contribution in [3.05, 3.63) is 76.3 Å². The number of carbonyl (C=O) groups excluding carboxylic acids is 1. The molecule has 0 spiro atoms. The molecule has 1 fully saturated rings. The van der Waals surface area contributed by atoms with Crippen LogP contribution in [0.5, 0.6) is 0 Å². The van der Waals surface area contributed by atoms with Crippen LogP contribution >= 0.6 is 23.4 Å². The van der Waals surface area contributed by atoms with E-state index in [9.17, 15) is 18.4 Å². The molecule has 0 saturated heterocycles. The van der Waals surface area contributed by atoms with Crippen LogP contribution in [0.3, 0.4) is 0 Å². The molecule has 4 rings (SSSR count). The number of aromatic nitrogens is 1. The maximum absolute atomic E-state index is 14.9. The van der Waals surface area contributed by atoms with E-state index in [-0.39, 0.29) is 28.6 Å². The Morgan fingerprint density at radius 2 is 2.12 bits per heavy atom. The van der Waals surface area contributed by atoms with Crippen molar-refractivity contribution in [3.8, 4) is 0 Å². The molecule has 2 heterocycles. The van der Waals surface area contributed by atoms with E-state index in [1.54, 1.807) is 6.07 Å². The maximum atomic E-state index is 14.9. The van der Waals surface area contributed by atoms with E-state index in [2.05, 4.69) is 9.98 Å². The molecule has 1 aromatic heterocycles. The summed E-state index contributed by atoms with van der Waals surface area (Å²) in [5, 5.41) is 9.43. The number of hydrogen-bond acceptors (Lipinski definition) is 6. The zero-order valence-corrected chi connectivity index (χ0v) is 18.2. The normalized spacial score (nSPS) is 26.5. The molecule has 1 aromatic carbocycles. The Morgan fingerprint density at radius 1 is 1.34 bits per heavy atom. The molecule has 1 aliphatic heterocycles. The summed E-state index contributed by atoms with van der Waals surface area (Å²) in [6.45, 7) is -1.02. The van der Waals surface area contributed by atoms with Gasteiger partial charge in [-0.15, -0.1) is 0 Å². The zero-order chi connectivity index (χ0) is 23.1. The van der Waals surface area contributed by atoms with Gasteiger partial charge in [0.15, 0.2) is 11.0 Å². The molecule has 1 saturated carbocycles. The summed E-state index contributed by atoms with van der Waals surface area (Å²) >= 11 is 6.95. The third-order valence-corrected chi connectivity index (χ3v) is 7.21. The fourth-order valence-electron chi connectivity index (χ4n) is 4.14. The number of Topliss-reactive ketones (excluding diaryl/α,β-unsaturated/α-hetero) is 1. The van der Waals surface area contributed by atoms with E-state index in [4.69, 9.17) is 22.4 Å². The van der Waals surface area contributed by atoms with E-state index in [0.29, 0.717) is 17.0 Å². The van der Waals surface area contributed by atoms with Gasteiger partial charge in [0.25, 0.3) is 0 Å². The van der Waals surface area contributed by atoms with Gasteiger partial charge in [0.1, 0.15) is 23.7 Å². The lowest BCUT2D eigenvalue weighted by Gasteiger charge is -2.34. The number of aliphatic imine (C=N–C) groups is 1. The lowest BCUT2D eigenvalue weighted by atomic mass is 9.83. The van der Waals surface area contributed by atoms with Gasteiger partial charge in [-0.1, -0.05) is 35.5 Å². The molecular formula is C22H18ClF2N3O3S. The molecule has 0 bridgehead atoms. The fraction of sp³-hybridized carbons (Fsp3) is 0.273. The van der Waals surface area contributed by atoms with Gasteiger partial charge < -0.3 is 10.8 Å². The number of halogens is 3. The van der Waals surface area contributed by atoms with Crippen molar-refractivity contribution < 1.29 is 23.5 Å². The van der Waals surface area contributed by atoms with Crippen molar-refractivity contribution in [3.63, 3.8) is 0 Å². The van der Waals surface area contributed by atoms with E-state index in [1.807, 2.05) is 0 Å². The van der Waals surface area contributed by atoms with E-state index in [0.717, 1.165) is 17.8 Å². The molecule has 10 heteroatoms. The topological polar surface area (TPSA) is 106 Å². The monoisotopic (exact) mass is 477 g/mol. The number of nitrogens with zero attached hydrogens (tertiary/aromatic N) is 2. The summed E-state index contributed by atoms with van der Waals surface area (Å²) in [7, 11) is 0. The molecule has 6 nitrogen and oxygen atoms in total. The first kappa shape index (κ1) is 22.4. The minimum atomic E-state index is -1.60. The van der Waals surface area contributed by atoms with Crippen molar-refractivity contribution in [1.82, 2.24) is 4.98 Å². The van der Waals surface area contributed by atoms with Crippen molar-refractivity contribution in [2.45, 2.75) is 23.1 Å². The Balaban J connectivity index is 1.69. The summed E-state index contributed by atoms with van der Waals surface area (Å²) in [4.78, 5) is 31.9. The Kier molecular flexibility index (Phi) is 5.81. The average Bonchev–Trinajstić information content (AvgIpc) is 3.48. The molecule has 32 heavy (non-hydrogen) atoms. The van der Waals surface area contributed by atoms with Crippen LogP contribution in [0.2, 0.25) is 5.02 Å². The highest BCUT2D eigenvalue weighted by Gasteiger charge is 2.67. The molecule has 0 amide bonds. The molecule has 0 radical (unpaired) electrons. The Morgan fingerprint density at radius 3 is 2.78 bits per heavy atom. The lowest BCUT2D eigenvalue weighted by Crippen LogP contribution is -2.39. The number of hydrogen-bond donors (Lipinski definition) is 2. The second-order valence-corrected chi connectivity index (χ2v) is 9.59. The minimum absolute atomic E-state index is 0.00628. The molecule has 0 unspecified atom stereocenters. The number of pyridine rings is 1. The zero-order valence-electron chi connectivity index (χ0n) is 16.6. The highest BCUT2D eigenvalue weighted by Crippen LogP contribution is 2.66. The van der Waals surface area contributed by atoms with Crippen LogP contribution in [-0.2, 0) is 16.8 Å². The van der Waals surface area contributed by atoms with Crippen molar-refractivity contribution in [2.75, 3.05) is 6.67 Å². The molecule has 3 N–H and O–H groups in total. The Labute approximate surface area is 191 Å². The predicted octanol–water partition coefficient (Wildman–Crippen LogP) is 3.93. The summed E-state index contributed by atoms with van der Waals surface area (Å²) < 4.78 is 28.7. The van der Waals surface area contributed by atoms with Crippen LogP contribution in [0, 0.1) is 11.7 Å². The summed E-state index contributed by atoms with van der Waals surface area (Å²) in [5.41, 5.74) is 5.03. The maximum Gasteiger partial charge on any atom is 0.328 e. The van der Waals surface area contributed by atoms with Gasteiger partial charge in [-0.05, 0) is 36.2 Å². The summed E-state index contributed by atoms with van der Waals surface area (Å²) in [6.07, 6.45) is 4.13. The Bertz CT molecular complexity index is 1160. The number of carbonyl (C=O) groups is 2. The van der Waals surface area contributed by atoms with Crippen LogP contribution in [0.25, 0.3) is 0 Å². The number of rotatable bonds is 7. The summed E-state index contributed by atoms with van der Waals surface area (Å²) in [5.74, 6) is -2.60. The van der Waals surface area contributed by atoms with Crippen molar-refractivity contribution in [2.24, 2.45) is 16.6 Å². The van der Waals surface area contributed by atoms with Crippen molar-refractivity contribution in [1.29, 1.82) is 0 Å². The van der Waals surface area contributed by atoms with Gasteiger partial charge in [-0.2, -0.15) is 0 Å². The number of amidine groups is 1. The molecule has 3 atom stereocenters. The smallest absolute Gasteiger partial charge is 0.328 e. The summed E-state index contributed by atoms with van der Waals surface area (Å²) in [6, 6.07) is 7.10. The number of carboxylic acid groups (broad SMARTS) is 1. The quantitative estimate of drug-likeness (QED) is 0.462. The fourth-order valence-corrected chi connectivity index (χ4v) is 5.58. The van der Waals surface area contributed by atoms with Crippen molar-refractivity contribution >= 4 is 40.3 Å². The Hall–Kier alpha value is -2.78. The number of nitrogens with two attached hydrogens (primary N) is 1. The highest BCUT2D eigenvalue weighted by atomic mass is 35.5. The first-order chi connectivity index (χ1) is 15.2. The van der Waals surface area contributed by atoms with Crippen LogP contribution in [0.1, 0.15) is 28.0 Å². The third kappa shape index (κ3) is 4.02. The third-order valence-electron chi connectivity index (χ3n) is 5.72. The van der Waals surface area contributed by atoms with E-state index in [1.165, 1.54) is 36.5 Å². The van der Waals surface area contributed by atoms with Gasteiger partial charge in [0.05, 0.1) is 5.02 Å². The number of aliphatic carboxylic acids is 1. The number of benzene rings is 1. The van der Waals surface area contributed by atoms with Gasteiger partial charge in [-0.3, -0.25) is 9.78 Å². The predicted molar refractivity (Wildman–Crippen MR) is 118 cm³/mol. The lowest BCUT2D eigenvalue weighted by molar-refractivity contribution is -0.131. The van der Waals surface area contributed by atoms with Crippen LogP contribution in [0.4, 0.5) is 8.78 Å². The van der Waals surface area contributed by atoms with Gasteiger partial charge in [0, 0.05) is 34.9 Å². The number of fused-ring (bicyclic) bond motifs is 1. The van der Waals surface area contributed by atoms with Crippen LogP contribution in [0.15, 0.2) is 53.7 Å². The van der Waals surface area contributed by atoms with E-state index < -0.39 is 34.7 Å². The first-order valence-electron chi connectivity index (χ1n) is 9.65. The molecule has 1 aliphatic carbocycles. The van der Waals surface area contributed by atoms with Gasteiger partial charge >= 0.3 is 5.97 Å². The van der Waals surface area contributed by atoms with Gasteiger partial charge in [0.2, 0.25) is 0 Å². The van der Waals surface area contributed by atoms with Crippen LogP contribution in [-0.4, -0.2) is 38.4 Å². The van der Waals surface area contributed by atoms with E-state index >= 15 is 0 Å². The number of alkyl halides is 1. The molecule has 166 valence electrons. The molecular weight excluding hydrogens is 460 g/mol. The second-order valence-electron chi connectivity index (χ2n) is 7.77. The minimum Gasteiger partial charge on any atom is -0.478 e. The standard InChI is InChI=1S/C22H18ClF2N3O3S/c23-13-2-4-16(27-10-13)17(29)8-12-1-3-15(25)14(7-12)22(11-24)18-9-21(18,6-5-19(30)31)32-20(26)28-22/h1-7,10,18H,8-9,11H2,(H2,26,28)(H,30,31)/b6-5+/t18-,21+,22-/m1/s1. The first-order valence-corrected chi connectivity index (χ1v) is 10.8. The van der Waals surface area contributed by atoms with Gasteiger partial charge in [-0.25, -0.2) is 18.6 Å².